The fraction of sp³-hybridized carbons (Fsp3) is 0.462. The number of azide groups is 1. The van der Waals surface area contributed by atoms with Crippen LogP contribution in [-0.4, -0.2) is 36.1 Å². The molecule has 0 saturated carbocycles. The molecule has 1 unspecified atom stereocenters. The Bertz CT molecular complexity index is 560. The van der Waals surface area contributed by atoms with Gasteiger partial charge in [0.05, 0.1) is 12.6 Å². The van der Waals surface area contributed by atoms with E-state index >= 15 is 0 Å². The van der Waals surface area contributed by atoms with Gasteiger partial charge in [-0.05, 0) is 12.0 Å². The van der Waals surface area contributed by atoms with Crippen LogP contribution in [0.1, 0.15) is 12.0 Å². The zero-order valence-corrected chi connectivity index (χ0v) is 11.0. The van der Waals surface area contributed by atoms with Crippen LogP contribution in [0.3, 0.4) is 0 Å². The first kappa shape index (κ1) is 15.2. The highest BCUT2D eigenvalue weighted by molar-refractivity contribution is 5.85. The molecule has 2 rings (SSSR count). The molecule has 1 heterocycles. The standard InChI is InChI=1S/C13H13F3N4O/c14-10-8-20(7-6-11(10)18-19-17)12(21)13(15,16)9-4-2-1-3-5-9/h1-5,10-11H,6-8H2/t10-,11?/m1/s1. The average molecular weight is 298 g/mol. The maximum Gasteiger partial charge on any atom is 0.349 e. The van der Waals surface area contributed by atoms with E-state index in [1.54, 1.807) is 6.07 Å². The summed E-state index contributed by atoms with van der Waals surface area (Å²) in [4.78, 5) is 15.2. The molecule has 1 amide bonds. The number of benzene rings is 1. The predicted molar refractivity (Wildman–Crippen MR) is 69.4 cm³/mol. The van der Waals surface area contributed by atoms with Crippen LogP contribution in [0.25, 0.3) is 10.4 Å². The summed E-state index contributed by atoms with van der Waals surface area (Å²) in [7, 11) is 0. The molecular weight excluding hydrogens is 285 g/mol. The molecule has 112 valence electrons. The Morgan fingerprint density at radius 3 is 2.62 bits per heavy atom. The van der Waals surface area contributed by atoms with Crippen molar-refractivity contribution < 1.29 is 18.0 Å². The van der Waals surface area contributed by atoms with Crippen molar-refractivity contribution in [2.24, 2.45) is 5.11 Å². The maximum atomic E-state index is 14.1. The third-order valence-corrected chi connectivity index (χ3v) is 3.40. The minimum Gasteiger partial charge on any atom is -0.334 e. The molecule has 0 bridgehead atoms. The number of hydrogen-bond donors (Lipinski definition) is 0. The highest BCUT2D eigenvalue weighted by atomic mass is 19.3. The van der Waals surface area contributed by atoms with E-state index in [9.17, 15) is 18.0 Å². The lowest BCUT2D eigenvalue weighted by molar-refractivity contribution is -0.161. The van der Waals surface area contributed by atoms with Crippen molar-refractivity contribution in [3.63, 3.8) is 0 Å². The maximum absolute atomic E-state index is 14.1. The first-order valence-electron chi connectivity index (χ1n) is 6.38. The number of rotatable bonds is 3. The minimum absolute atomic E-state index is 0.0296. The van der Waals surface area contributed by atoms with E-state index in [1.165, 1.54) is 12.1 Å². The Kier molecular flexibility index (Phi) is 4.37. The van der Waals surface area contributed by atoms with Crippen LogP contribution in [0.5, 0.6) is 0 Å². The van der Waals surface area contributed by atoms with Gasteiger partial charge in [-0.25, -0.2) is 4.39 Å². The Labute approximate surface area is 119 Å². The van der Waals surface area contributed by atoms with E-state index in [1.807, 2.05) is 0 Å². The molecule has 1 aromatic rings. The Morgan fingerprint density at radius 2 is 2.05 bits per heavy atom. The first-order valence-corrected chi connectivity index (χ1v) is 6.38. The Morgan fingerprint density at radius 1 is 1.38 bits per heavy atom. The van der Waals surface area contributed by atoms with Crippen molar-refractivity contribution >= 4 is 5.91 Å². The van der Waals surface area contributed by atoms with Crippen LogP contribution >= 0.6 is 0 Å². The van der Waals surface area contributed by atoms with Gasteiger partial charge in [0.1, 0.15) is 6.17 Å². The summed E-state index contributed by atoms with van der Waals surface area (Å²) in [6, 6.07) is 5.76. The van der Waals surface area contributed by atoms with Gasteiger partial charge in [0.15, 0.2) is 0 Å². The molecule has 21 heavy (non-hydrogen) atoms. The number of carbonyl (C=O) groups excluding carboxylic acids is 1. The van der Waals surface area contributed by atoms with E-state index < -0.39 is 36.2 Å². The summed E-state index contributed by atoms with van der Waals surface area (Å²) < 4.78 is 42.0. The SMILES string of the molecule is [N-]=[N+]=NC1CCN(C(=O)C(F)(F)c2ccccc2)C[C@H]1F. The molecule has 0 radical (unpaired) electrons. The zero-order chi connectivity index (χ0) is 15.5. The molecule has 0 N–H and O–H groups in total. The second-order valence-electron chi connectivity index (χ2n) is 4.77. The van der Waals surface area contributed by atoms with Gasteiger partial charge in [-0.3, -0.25) is 4.79 Å². The van der Waals surface area contributed by atoms with Gasteiger partial charge < -0.3 is 4.90 Å². The molecule has 1 fully saturated rings. The minimum atomic E-state index is -3.70. The summed E-state index contributed by atoms with van der Waals surface area (Å²) >= 11 is 0. The zero-order valence-electron chi connectivity index (χ0n) is 11.0. The van der Waals surface area contributed by atoms with E-state index in [-0.39, 0.29) is 13.0 Å². The molecular formula is C13H13F3N4O. The molecule has 1 aliphatic rings. The van der Waals surface area contributed by atoms with Crippen LogP contribution in [0.15, 0.2) is 35.4 Å². The van der Waals surface area contributed by atoms with E-state index in [2.05, 4.69) is 10.0 Å². The Hall–Kier alpha value is -2.21. The fourth-order valence-corrected chi connectivity index (χ4v) is 2.24. The van der Waals surface area contributed by atoms with Gasteiger partial charge in [-0.2, -0.15) is 8.78 Å². The van der Waals surface area contributed by atoms with Crippen molar-refractivity contribution in [1.82, 2.24) is 4.90 Å². The largest absolute Gasteiger partial charge is 0.349 e. The number of amides is 1. The second-order valence-corrected chi connectivity index (χ2v) is 4.77. The molecule has 0 spiro atoms. The number of piperidine rings is 1. The van der Waals surface area contributed by atoms with E-state index in [4.69, 9.17) is 5.53 Å². The van der Waals surface area contributed by atoms with Crippen LogP contribution in [-0.2, 0) is 10.7 Å². The van der Waals surface area contributed by atoms with Crippen molar-refractivity contribution in [2.45, 2.75) is 24.6 Å². The lowest BCUT2D eigenvalue weighted by Crippen LogP contribution is -2.51. The van der Waals surface area contributed by atoms with E-state index in [0.29, 0.717) is 0 Å². The third kappa shape index (κ3) is 3.11. The van der Waals surface area contributed by atoms with Gasteiger partial charge in [0.2, 0.25) is 0 Å². The molecule has 1 aliphatic heterocycles. The molecule has 1 aromatic carbocycles. The highest BCUT2D eigenvalue weighted by Crippen LogP contribution is 2.31. The number of nitrogens with zero attached hydrogens (tertiary/aromatic N) is 4. The summed E-state index contributed by atoms with van der Waals surface area (Å²) in [6.45, 7) is -0.559. The predicted octanol–water partition coefficient (Wildman–Crippen LogP) is 3.03. The number of carbonyl (C=O) groups is 1. The molecule has 2 atom stereocenters. The van der Waals surface area contributed by atoms with Crippen molar-refractivity contribution in [3.05, 3.63) is 46.3 Å². The van der Waals surface area contributed by atoms with Crippen molar-refractivity contribution in [2.75, 3.05) is 13.1 Å². The quantitative estimate of drug-likeness (QED) is 0.480. The lowest BCUT2D eigenvalue weighted by atomic mass is 10.0. The highest BCUT2D eigenvalue weighted by Gasteiger charge is 2.45. The number of hydrogen-bond acceptors (Lipinski definition) is 2. The lowest BCUT2D eigenvalue weighted by Gasteiger charge is -2.34. The van der Waals surface area contributed by atoms with Crippen molar-refractivity contribution in [1.29, 1.82) is 0 Å². The topological polar surface area (TPSA) is 69.1 Å². The van der Waals surface area contributed by atoms with Gasteiger partial charge in [0.25, 0.3) is 5.91 Å². The summed E-state index contributed by atoms with van der Waals surface area (Å²) in [6.07, 6.45) is -1.60. The number of likely N-dealkylation sites (tertiary alicyclic amines) is 1. The molecule has 5 nitrogen and oxygen atoms in total. The third-order valence-electron chi connectivity index (χ3n) is 3.40. The smallest absolute Gasteiger partial charge is 0.334 e. The van der Waals surface area contributed by atoms with Crippen LogP contribution < -0.4 is 0 Å². The fourth-order valence-electron chi connectivity index (χ4n) is 2.24. The van der Waals surface area contributed by atoms with Crippen molar-refractivity contribution in [3.8, 4) is 0 Å². The average Bonchev–Trinajstić information content (AvgIpc) is 2.49. The summed E-state index contributed by atoms with van der Waals surface area (Å²) in [5, 5.41) is 3.26. The number of halogens is 3. The van der Waals surface area contributed by atoms with Crippen LogP contribution in [0.4, 0.5) is 13.2 Å². The van der Waals surface area contributed by atoms with Crippen LogP contribution in [0.2, 0.25) is 0 Å². The first-order chi connectivity index (χ1) is 9.96. The van der Waals surface area contributed by atoms with Crippen LogP contribution in [0, 0.1) is 0 Å². The van der Waals surface area contributed by atoms with Gasteiger partial charge in [-0.15, -0.1) is 0 Å². The molecule has 1 saturated heterocycles. The van der Waals surface area contributed by atoms with Gasteiger partial charge in [0, 0.05) is 17.0 Å². The Balaban J connectivity index is 2.12. The molecule has 8 heteroatoms. The van der Waals surface area contributed by atoms with E-state index in [0.717, 1.165) is 17.0 Å². The normalized spacial score (nSPS) is 22.5. The molecule has 0 aromatic heterocycles. The summed E-state index contributed by atoms with van der Waals surface area (Å²) in [5.74, 6) is -5.14. The number of alkyl halides is 3. The second kappa shape index (κ2) is 6.05. The molecule has 0 aliphatic carbocycles. The van der Waals surface area contributed by atoms with Gasteiger partial charge >= 0.3 is 5.92 Å². The van der Waals surface area contributed by atoms with Gasteiger partial charge in [-0.1, -0.05) is 35.4 Å². The summed E-state index contributed by atoms with van der Waals surface area (Å²) in [5.41, 5.74) is 7.85. The monoisotopic (exact) mass is 298 g/mol.